The summed E-state index contributed by atoms with van der Waals surface area (Å²) in [5, 5.41) is 3.66. The third-order valence-corrected chi connectivity index (χ3v) is 5.98. The van der Waals surface area contributed by atoms with E-state index in [0.29, 0.717) is 10.8 Å². The molecule has 1 unspecified atom stereocenters. The van der Waals surface area contributed by atoms with Crippen molar-refractivity contribution in [2.75, 3.05) is 11.1 Å². The fourth-order valence-electron chi connectivity index (χ4n) is 3.33. The van der Waals surface area contributed by atoms with Gasteiger partial charge in [0, 0.05) is 29.7 Å². The lowest BCUT2D eigenvalue weighted by molar-refractivity contribution is 0.455. The number of thioether (sulfide) groups is 1. The van der Waals surface area contributed by atoms with Crippen LogP contribution in [-0.4, -0.2) is 26.1 Å². The van der Waals surface area contributed by atoms with Crippen LogP contribution in [-0.2, 0) is 6.54 Å². The summed E-state index contributed by atoms with van der Waals surface area (Å²) >= 11 is 2.12. The number of hydrogen-bond acceptors (Lipinski definition) is 3. The molecule has 0 aromatic carbocycles. The van der Waals surface area contributed by atoms with Gasteiger partial charge in [-0.15, -0.1) is 0 Å². The molecule has 2 aliphatic rings. The highest BCUT2D eigenvalue weighted by molar-refractivity contribution is 8.00. The van der Waals surface area contributed by atoms with Crippen LogP contribution in [0.15, 0.2) is 12.4 Å². The van der Waals surface area contributed by atoms with E-state index >= 15 is 0 Å². The average molecular weight is 279 g/mol. The van der Waals surface area contributed by atoms with Gasteiger partial charge in [0.15, 0.2) is 0 Å². The molecule has 2 heterocycles. The SMILES string of the molecule is CC1(Cn2ccnc2NC2CCCCC2)CCCS1. The largest absolute Gasteiger partial charge is 0.353 e. The third-order valence-electron chi connectivity index (χ3n) is 4.46. The Morgan fingerprint density at radius 2 is 2.21 bits per heavy atom. The Labute approximate surface area is 120 Å². The molecule has 1 aliphatic heterocycles. The molecule has 1 aromatic heterocycles. The van der Waals surface area contributed by atoms with E-state index in [0.717, 1.165) is 12.5 Å². The highest BCUT2D eigenvalue weighted by atomic mass is 32.2. The van der Waals surface area contributed by atoms with Gasteiger partial charge in [-0.3, -0.25) is 0 Å². The maximum Gasteiger partial charge on any atom is 0.203 e. The van der Waals surface area contributed by atoms with Crippen molar-refractivity contribution in [3.8, 4) is 0 Å². The van der Waals surface area contributed by atoms with Gasteiger partial charge in [-0.05, 0) is 38.4 Å². The molecule has 0 radical (unpaired) electrons. The zero-order valence-electron chi connectivity index (χ0n) is 11.9. The fourth-order valence-corrected chi connectivity index (χ4v) is 4.63. The number of rotatable bonds is 4. The summed E-state index contributed by atoms with van der Waals surface area (Å²) in [7, 11) is 0. The Balaban J connectivity index is 1.64. The first kappa shape index (κ1) is 13.3. The molecule has 4 heteroatoms. The maximum absolute atomic E-state index is 4.53. The van der Waals surface area contributed by atoms with Crippen LogP contribution in [0.3, 0.4) is 0 Å². The molecule has 1 atom stereocenters. The number of aromatic nitrogens is 2. The summed E-state index contributed by atoms with van der Waals surface area (Å²) in [6, 6.07) is 0.638. The molecule has 3 nitrogen and oxygen atoms in total. The predicted octanol–water partition coefficient (Wildman–Crippen LogP) is 3.91. The summed E-state index contributed by atoms with van der Waals surface area (Å²) in [5.41, 5.74) is 0. The molecular weight excluding hydrogens is 254 g/mol. The second-order valence-electron chi connectivity index (χ2n) is 6.26. The van der Waals surface area contributed by atoms with E-state index < -0.39 is 0 Å². The van der Waals surface area contributed by atoms with Gasteiger partial charge in [0.1, 0.15) is 0 Å². The minimum Gasteiger partial charge on any atom is -0.353 e. The Bertz CT molecular complexity index is 403. The monoisotopic (exact) mass is 279 g/mol. The molecule has 1 aromatic rings. The number of nitrogens with one attached hydrogen (secondary N) is 1. The Hall–Kier alpha value is -0.640. The summed E-state index contributed by atoms with van der Waals surface area (Å²) in [6.07, 6.45) is 13.5. The van der Waals surface area contributed by atoms with E-state index in [1.54, 1.807) is 0 Å². The second kappa shape index (κ2) is 5.78. The number of hydrogen-bond donors (Lipinski definition) is 1. The highest BCUT2D eigenvalue weighted by Gasteiger charge is 2.30. The van der Waals surface area contributed by atoms with Crippen LogP contribution in [0.4, 0.5) is 5.95 Å². The first-order valence-corrected chi connectivity index (χ1v) is 8.65. The van der Waals surface area contributed by atoms with Crippen molar-refractivity contribution in [1.29, 1.82) is 0 Å². The lowest BCUT2D eigenvalue weighted by atomic mass is 9.96. The highest BCUT2D eigenvalue weighted by Crippen LogP contribution is 2.39. The first-order chi connectivity index (χ1) is 9.25. The van der Waals surface area contributed by atoms with Gasteiger partial charge in [0.05, 0.1) is 0 Å². The minimum absolute atomic E-state index is 0.406. The lowest BCUT2D eigenvalue weighted by Gasteiger charge is -2.27. The van der Waals surface area contributed by atoms with E-state index in [4.69, 9.17) is 0 Å². The molecule has 3 rings (SSSR count). The van der Waals surface area contributed by atoms with Crippen LogP contribution in [0.5, 0.6) is 0 Å². The summed E-state index contributed by atoms with van der Waals surface area (Å²) in [6.45, 7) is 3.49. The normalized spacial score (nSPS) is 28.7. The van der Waals surface area contributed by atoms with Crippen molar-refractivity contribution in [2.45, 2.75) is 69.2 Å². The van der Waals surface area contributed by atoms with Crippen LogP contribution in [0.25, 0.3) is 0 Å². The van der Waals surface area contributed by atoms with Gasteiger partial charge < -0.3 is 9.88 Å². The van der Waals surface area contributed by atoms with Crippen LogP contribution < -0.4 is 5.32 Å². The maximum atomic E-state index is 4.53. The standard InChI is InChI=1S/C15H25N3S/c1-15(8-5-11-19-15)12-18-10-9-16-14(18)17-13-6-3-2-4-7-13/h9-10,13H,2-8,11-12H2,1H3,(H,16,17). The first-order valence-electron chi connectivity index (χ1n) is 7.67. The average Bonchev–Trinajstić information content (AvgIpc) is 3.02. The molecule has 0 spiro atoms. The zero-order valence-corrected chi connectivity index (χ0v) is 12.7. The smallest absolute Gasteiger partial charge is 0.203 e. The van der Waals surface area contributed by atoms with Crippen LogP contribution >= 0.6 is 11.8 Å². The Kier molecular flexibility index (Phi) is 4.06. The van der Waals surface area contributed by atoms with Crippen molar-refractivity contribution in [2.24, 2.45) is 0 Å². The van der Waals surface area contributed by atoms with Gasteiger partial charge in [0.2, 0.25) is 5.95 Å². The topological polar surface area (TPSA) is 29.9 Å². The van der Waals surface area contributed by atoms with Gasteiger partial charge >= 0.3 is 0 Å². The van der Waals surface area contributed by atoms with E-state index in [9.17, 15) is 0 Å². The molecular formula is C15H25N3S. The van der Waals surface area contributed by atoms with Crippen molar-refractivity contribution in [3.05, 3.63) is 12.4 Å². The molecule has 1 N–H and O–H groups in total. The van der Waals surface area contributed by atoms with Crippen molar-refractivity contribution >= 4 is 17.7 Å². The van der Waals surface area contributed by atoms with Gasteiger partial charge in [-0.25, -0.2) is 4.98 Å². The van der Waals surface area contributed by atoms with Crippen LogP contribution in [0, 0.1) is 0 Å². The minimum atomic E-state index is 0.406. The van der Waals surface area contributed by atoms with E-state index in [2.05, 4.69) is 39.8 Å². The molecule has 2 fully saturated rings. The quantitative estimate of drug-likeness (QED) is 0.906. The number of imidazole rings is 1. The summed E-state index contributed by atoms with van der Waals surface area (Å²) in [5.74, 6) is 2.40. The van der Waals surface area contributed by atoms with Crippen molar-refractivity contribution in [1.82, 2.24) is 9.55 Å². The molecule has 0 bridgehead atoms. The van der Waals surface area contributed by atoms with Crippen LogP contribution in [0.1, 0.15) is 51.9 Å². The fraction of sp³-hybridized carbons (Fsp3) is 0.800. The van der Waals surface area contributed by atoms with Crippen LogP contribution in [0.2, 0.25) is 0 Å². The molecule has 1 saturated carbocycles. The van der Waals surface area contributed by atoms with Crippen molar-refractivity contribution < 1.29 is 0 Å². The molecule has 1 saturated heterocycles. The molecule has 0 amide bonds. The summed E-state index contributed by atoms with van der Waals surface area (Å²) in [4.78, 5) is 4.53. The Morgan fingerprint density at radius 1 is 1.37 bits per heavy atom. The summed E-state index contributed by atoms with van der Waals surface area (Å²) < 4.78 is 2.73. The van der Waals surface area contributed by atoms with Gasteiger partial charge in [0.25, 0.3) is 0 Å². The lowest BCUT2D eigenvalue weighted by Crippen LogP contribution is -2.28. The van der Waals surface area contributed by atoms with E-state index in [1.807, 2.05) is 6.20 Å². The van der Waals surface area contributed by atoms with Crippen molar-refractivity contribution in [3.63, 3.8) is 0 Å². The third kappa shape index (κ3) is 3.28. The van der Waals surface area contributed by atoms with Gasteiger partial charge in [-0.1, -0.05) is 19.3 Å². The predicted molar refractivity (Wildman–Crippen MR) is 82.8 cm³/mol. The number of anilines is 1. The van der Waals surface area contributed by atoms with E-state index in [-0.39, 0.29) is 0 Å². The second-order valence-corrected chi connectivity index (χ2v) is 7.94. The molecule has 19 heavy (non-hydrogen) atoms. The van der Waals surface area contributed by atoms with E-state index in [1.165, 1.54) is 50.7 Å². The Morgan fingerprint density at radius 3 is 2.95 bits per heavy atom. The zero-order chi connectivity index (χ0) is 13.1. The number of nitrogens with zero attached hydrogens (tertiary/aromatic N) is 2. The van der Waals surface area contributed by atoms with Gasteiger partial charge in [-0.2, -0.15) is 11.8 Å². The molecule has 106 valence electrons. The molecule has 1 aliphatic carbocycles.